The summed E-state index contributed by atoms with van der Waals surface area (Å²) in [6, 6.07) is 18.4. The smallest absolute Gasteiger partial charge is 0.224 e. The molecule has 0 bridgehead atoms. The van der Waals surface area contributed by atoms with Crippen LogP contribution in [0.2, 0.25) is 0 Å². The van der Waals surface area contributed by atoms with Gasteiger partial charge in [0, 0.05) is 50.2 Å². The highest BCUT2D eigenvalue weighted by atomic mass is 16.2. The molecule has 10 nitrogen and oxygen atoms in total. The molecule has 2 saturated heterocycles. The number of piperidine rings is 1. The lowest BCUT2D eigenvalue weighted by Crippen LogP contribution is -2.46. The van der Waals surface area contributed by atoms with Gasteiger partial charge in [0.05, 0.1) is 5.92 Å². The second-order valence-electron chi connectivity index (χ2n) is 11.2. The minimum absolute atomic E-state index is 0.0739. The number of carbonyl (C=O) groups is 1. The lowest BCUT2D eigenvalue weighted by molar-refractivity contribution is -0.127. The molecule has 1 aromatic carbocycles. The van der Waals surface area contributed by atoms with Crippen LogP contribution in [0.5, 0.6) is 0 Å². The average molecular weight is 564 g/mol. The van der Waals surface area contributed by atoms with E-state index in [0.29, 0.717) is 23.9 Å². The van der Waals surface area contributed by atoms with E-state index in [2.05, 4.69) is 65.1 Å². The van der Waals surface area contributed by atoms with Crippen molar-refractivity contribution in [2.24, 2.45) is 5.92 Å². The van der Waals surface area contributed by atoms with Gasteiger partial charge in [-0.1, -0.05) is 30.3 Å². The van der Waals surface area contributed by atoms with E-state index in [0.717, 1.165) is 74.8 Å². The summed E-state index contributed by atoms with van der Waals surface area (Å²) < 4.78 is 0. The number of likely N-dealkylation sites (tertiary alicyclic amines) is 1. The molecule has 216 valence electrons. The molecule has 0 radical (unpaired) electrons. The highest BCUT2D eigenvalue weighted by Crippen LogP contribution is 2.21. The number of amides is 1. The number of rotatable bonds is 9. The third-order valence-electron chi connectivity index (χ3n) is 7.81. The van der Waals surface area contributed by atoms with Gasteiger partial charge in [-0.2, -0.15) is 0 Å². The number of hydrogen-bond acceptors (Lipinski definition) is 9. The number of aryl methyl sites for hydroxylation is 1. The van der Waals surface area contributed by atoms with Gasteiger partial charge in [0.2, 0.25) is 5.91 Å². The van der Waals surface area contributed by atoms with Gasteiger partial charge >= 0.3 is 0 Å². The maximum Gasteiger partial charge on any atom is 0.224 e. The van der Waals surface area contributed by atoms with Crippen molar-refractivity contribution in [1.82, 2.24) is 40.5 Å². The van der Waals surface area contributed by atoms with Crippen LogP contribution < -0.4 is 16.0 Å². The molecule has 42 heavy (non-hydrogen) atoms. The van der Waals surface area contributed by atoms with Crippen LogP contribution in [0.15, 0.2) is 67.0 Å². The van der Waals surface area contributed by atoms with Gasteiger partial charge in [0.15, 0.2) is 5.82 Å². The molecular weight excluding hydrogens is 526 g/mol. The Balaban J connectivity index is 1.03. The summed E-state index contributed by atoms with van der Waals surface area (Å²) in [6.07, 6.45) is 7.15. The molecular formula is C32H37N9O. The summed E-state index contributed by atoms with van der Waals surface area (Å²) in [5, 5.41) is 9.83. The molecule has 2 aliphatic heterocycles. The van der Waals surface area contributed by atoms with Crippen molar-refractivity contribution in [1.29, 1.82) is 0 Å². The molecule has 0 aliphatic carbocycles. The molecule has 2 fully saturated rings. The van der Waals surface area contributed by atoms with Crippen LogP contribution in [0.3, 0.4) is 0 Å². The number of anilines is 2. The molecule has 5 heterocycles. The van der Waals surface area contributed by atoms with Crippen LogP contribution in [0, 0.1) is 12.8 Å². The fourth-order valence-corrected chi connectivity index (χ4v) is 5.62. The van der Waals surface area contributed by atoms with Crippen molar-refractivity contribution >= 4 is 17.5 Å². The summed E-state index contributed by atoms with van der Waals surface area (Å²) in [7, 11) is 0. The summed E-state index contributed by atoms with van der Waals surface area (Å²) in [5.74, 6) is 2.89. The summed E-state index contributed by atoms with van der Waals surface area (Å²) >= 11 is 0. The zero-order valence-corrected chi connectivity index (χ0v) is 24.0. The Labute approximate surface area is 246 Å². The first-order valence-corrected chi connectivity index (χ1v) is 14.7. The lowest BCUT2D eigenvalue weighted by atomic mass is 9.96. The second-order valence-corrected chi connectivity index (χ2v) is 11.2. The third-order valence-corrected chi connectivity index (χ3v) is 7.81. The maximum absolute atomic E-state index is 12.8. The van der Waals surface area contributed by atoms with E-state index in [4.69, 9.17) is 4.98 Å². The monoisotopic (exact) mass is 563 g/mol. The first-order valence-electron chi connectivity index (χ1n) is 14.7. The van der Waals surface area contributed by atoms with Gasteiger partial charge in [0.25, 0.3) is 0 Å². The zero-order valence-electron chi connectivity index (χ0n) is 24.0. The normalized spacial score (nSPS) is 19.0. The first kappa shape index (κ1) is 27.9. The minimum atomic E-state index is 0.0739. The Morgan fingerprint density at radius 1 is 0.952 bits per heavy atom. The molecule has 2 aliphatic rings. The molecule has 2 atom stereocenters. The predicted molar refractivity (Wildman–Crippen MR) is 162 cm³/mol. The van der Waals surface area contributed by atoms with Gasteiger partial charge < -0.3 is 16.0 Å². The molecule has 0 saturated carbocycles. The maximum atomic E-state index is 12.8. The number of hydrogen-bond donors (Lipinski definition) is 3. The van der Waals surface area contributed by atoms with Crippen LogP contribution in [0.1, 0.15) is 41.9 Å². The van der Waals surface area contributed by atoms with E-state index in [9.17, 15) is 4.79 Å². The average Bonchev–Trinajstić information content (AvgIpc) is 3.52. The van der Waals surface area contributed by atoms with Crippen molar-refractivity contribution < 1.29 is 4.79 Å². The van der Waals surface area contributed by atoms with Gasteiger partial charge in [-0.15, -0.1) is 0 Å². The number of benzene rings is 1. The predicted octanol–water partition coefficient (Wildman–Crippen LogP) is 3.66. The molecule has 3 aromatic heterocycles. The molecule has 3 N–H and O–H groups in total. The van der Waals surface area contributed by atoms with E-state index in [-0.39, 0.29) is 17.9 Å². The lowest BCUT2D eigenvalue weighted by Gasteiger charge is -2.32. The van der Waals surface area contributed by atoms with Gasteiger partial charge in [0.1, 0.15) is 23.2 Å². The van der Waals surface area contributed by atoms with Crippen LogP contribution in [0.25, 0.3) is 11.5 Å². The van der Waals surface area contributed by atoms with Crippen LogP contribution in [0.4, 0.5) is 11.6 Å². The van der Waals surface area contributed by atoms with E-state index in [1.165, 1.54) is 5.56 Å². The fourth-order valence-electron chi connectivity index (χ4n) is 5.62. The van der Waals surface area contributed by atoms with E-state index in [1.54, 1.807) is 12.4 Å². The summed E-state index contributed by atoms with van der Waals surface area (Å²) in [4.78, 5) is 37.9. The number of nitrogens with zero attached hydrogens (tertiary/aromatic N) is 6. The Morgan fingerprint density at radius 2 is 1.76 bits per heavy atom. The second kappa shape index (κ2) is 13.1. The van der Waals surface area contributed by atoms with Crippen LogP contribution >= 0.6 is 0 Å². The number of carbonyl (C=O) groups excluding carboxylic acids is 1. The highest BCUT2D eigenvalue weighted by Gasteiger charge is 2.28. The largest absolute Gasteiger partial charge is 0.352 e. The zero-order chi connectivity index (χ0) is 28.7. The van der Waals surface area contributed by atoms with Gasteiger partial charge in [-0.3, -0.25) is 9.69 Å². The minimum Gasteiger partial charge on any atom is -0.352 e. The number of nitrogens with one attached hydrogen (secondary N) is 3. The molecule has 0 spiro atoms. The summed E-state index contributed by atoms with van der Waals surface area (Å²) in [5.41, 5.74) is 4.04. The standard InChI is InChI=1S/C32H37N9O/c1-22-4-2-6-27(36-22)31-35-16-13-29(40-31)38-28-12-15-34-30(39-28)18-23-7-9-24(10-8-23)20-41-17-3-5-25(21-41)32(42)37-26-11-14-33-19-26/h2,4,6-10,12-13,15-16,25-26,33H,3,5,11,14,17-21H2,1H3,(H,37,42)(H,34,35,38,39,40)/t25?,26-/m0/s1. The van der Waals surface area contributed by atoms with Crippen molar-refractivity contribution in [2.45, 2.75) is 45.2 Å². The van der Waals surface area contributed by atoms with E-state index >= 15 is 0 Å². The number of pyridine rings is 1. The first-order chi connectivity index (χ1) is 20.6. The van der Waals surface area contributed by atoms with Gasteiger partial charge in [-0.25, -0.2) is 24.9 Å². The Kier molecular flexibility index (Phi) is 8.72. The van der Waals surface area contributed by atoms with Crippen molar-refractivity contribution in [3.05, 3.63) is 89.6 Å². The van der Waals surface area contributed by atoms with Crippen molar-refractivity contribution in [3.63, 3.8) is 0 Å². The number of aromatic nitrogens is 5. The Morgan fingerprint density at radius 3 is 2.57 bits per heavy atom. The SMILES string of the molecule is Cc1cccc(-c2nccc(Nc3ccnc(Cc4ccc(CN5CCCC(C(=O)N[C@H]6CCNC6)C5)cc4)n3)n2)n1. The van der Waals surface area contributed by atoms with Crippen LogP contribution in [-0.4, -0.2) is 67.9 Å². The summed E-state index contributed by atoms with van der Waals surface area (Å²) in [6.45, 7) is 6.52. The van der Waals surface area contributed by atoms with Crippen LogP contribution in [-0.2, 0) is 17.8 Å². The fraction of sp³-hybridized carbons (Fsp3) is 0.375. The van der Waals surface area contributed by atoms with Crippen molar-refractivity contribution in [3.8, 4) is 11.5 Å². The molecule has 10 heteroatoms. The topological polar surface area (TPSA) is 121 Å². The molecule has 1 amide bonds. The third kappa shape index (κ3) is 7.32. The quantitative estimate of drug-likeness (QED) is 0.280. The Hall–Kier alpha value is -4.28. The molecule has 1 unspecified atom stereocenters. The highest BCUT2D eigenvalue weighted by molar-refractivity contribution is 5.79. The van der Waals surface area contributed by atoms with Gasteiger partial charge in [-0.05, 0) is 74.7 Å². The Bertz CT molecular complexity index is 1500. The van der Waals surface area contributed by atoms with Crippen molar-refractivity contribution in [2.75, 3.05) is 31.5 Å². The molecule has 4 aromatic rings. The van der Waals surface area contributed by atoms with E-state index in [1.807, 2.05) is 37.3 Å². The molecule has 6 rings (SSSR count). The van der Waals surface area contributed by atoms with E-state index < -0.39 is 0 Å².